The van der Waals surface area contributed by atoms with Crippen LogP contribution in [0.4, 0.5) is 28.0 Å². The Kier molecular flexibility index (Phi) is 8.10. The van der Waals surface area contributed by atoms with Crippen molar-refractivity contribution in [2.24, 2.45) is 0 Å². The van der Waals surface area contributed by atoms with Gasteiger partial charge in [-0.15, -0.1) is 0 Å². The molecule has 3 aromatic rings. The van der Waals surface area contributed by atoms with Crippen molar-refractivity contribution in [2.75, 3.05) is 19.0 Å². The molecule has 9 nitrogen and oxygen atoms in total. The van der Waals surface area contributed by atoms with E-state index in [0.29, 0.717) is 11.3 Å². The number of halogens is 4. The Bertz CT molecular complexity index is 1570. The van der Waals surface area contributed by atoms with Gasteiger partial charge in [0, 0.05) is 19.3 Å². The summed E-state index contributed by atoms with van der Waals surface area (Å²) in [5, 5.41) is 6.29. The first-order valence-corrected chi connectivity index (χ1v) is 14.3. The predicted molar refractivity (Wildman–Crippen MR) is 153 cm³/mol. The molecule has 236 valence electrons. The summed E-state index contributed by atoms with van der Waals surface area (Å²) in [5.41, 5.74) is -1.91. The van der Waals surface area contributed by atoms with E-state index in [0.717, 1.165) is 15.8 Å². The van der Waals surface area contributed by atoms with E-state index in [2.05, 4.69) is 10.4 Å². The quantitative estimate of drug-likeness (QED) is 0.353. The van der Waals surface area contributed by atoms with Crippen LogP contribution in [-0.4, -0.2) is 70.0 Å². The molecule has 44 heavy (non-hydrogen) atoms. The molecule has 1 saturated carbocycles. The highest BCUT2D eigenvalue weighted by Crippen LogP contribution is 2.47. The number of hydrogen-bond donors (Lipinski definition) is 1. The van der Waals surface area contributed by atoms with E-state index in [1.54, 1.807) is 45.0 Å². The Balaban J connectivity index is 1.41. The van der Waals surface area contributed by atoms with E-state index in [1.807, 2.05) is 0 Å². The maximum atomic E-state index is 15.5. The number of aromatic nitrogens is 2. The van der Waals surface area contributed by atoms with Crippen molar-refractivity contribution in [1.82, 2.24) is 14.7 Å². The fraction of sp³-hybridized carbons (Fsp3) is 0.484. The highest BCUT2D eigenvalue weighted by molar-refractivity contribution is 6.01. The van der Waals surface area contributed by atoms with E-state index >= 15 is 4.39 Å². The predicted octanol–water partition coefficient (Wildman–Crippen LogP) is 5.99. The van der Waals surface area contributed by atoms with Gasteiger partial charge in [0.15, 0.2) is 5.82 Å². The number of anilines is 1. The van der Waals surface area contributed by atoms with Gasteiger partial charge in [0.2, 0.25) is 17.7 Å². The first-order chi connectivity index (χ1) is 20.6. The molecule has 1 aliphatic carbocycles. The minimum Gasteiger partial charge on any atom is -0.497 e. The zero-order valence-corrected chi connectivity index (χ0v) is 24.8. The van der Waals surface area contributed by atoms with Crippen molar-refractivity contribution in [3.63, 3.8) is 0 Å². The lowest BCUT2D eigenvalue weighted by Gasteiger charge is -2.42. The molecular formula is C31H34F4N4O5. The topological polar surface area (TPSA) is 103 Å². The van der Waals surface area contributed by atoms with Gasteiger partial charge in [-0.25, -0.2) is 22.4 Å². The third-order valence-corrected chi connectivity index (χ3v) is 8.21. The fourth-order valence-electron chi connectivity index (χ4n) is 5.94. The lowest BCUT2D eigenvalue weighted by Crippen LogP contribution is -2.54. The van der Waals surface area contributed by atoms with Crippen molar-refractivity contribution < 1.29 is 41.4 Å². The summed E-state index contributed by atoms with van der Waals surface area (Å²) in [4.78, 5) is 41.3. The summed E-state index contributed by atoms with van der Waals surface area (Å²) < 4.78 is 70.3. The summed E-state index contributed by atoms with van der Waals surface area (Å²) in [6.07, 6.45) is -3.07. The van der Waals surface area contributed by atoms with Crippen molar-refractivity contribution in [1.29, 1.82) is 0 Å². The van der Waals surface area contributed by atoms with E-state index in [1.165, 1.54) is 19.2 Å². The monoisotopic (exact) mass is 618 g/mol. The number of methoxy groups -OCH3 is 1. The maximum Gasteiger partial charge on any atom is 0.435 e. The van der Waals surface area contributed by atoms with Gasteiger partial charge in [-0.2, -0.15) is 9.78 Å². The molecule has 13 heteroatoms. The molecule has 2 aliphatic rings. The maximum absolute atomic E-state index is 15.5. The fourth-order valence-corrected chi connectivity index (χ4v) is 5.94. The van der Waals surface area contributed by atoms with Gasteiger partial charge >= 0.3 is 6.09 Å². The minimum absolute atomic E-state index is 0.0713. The van der Waals surface area contributed by atoms with E-state index in [4.69, 9.17) is 9.47 Å². The van der Waals surface area contributed by atoms with Crippen molar-refractivity contribution in [3.05, 3.63) is 54.0 Å². The number of nitrogens with zero attached hydrogens (tertiary/aromatic N) is 3. The van der Waals surface area contributed by atoms with Gasteiger partial charge in [-0.1, -0.05) is 12.1 Å². The number of fused-ring (bicyclic) bond motifs is 1. The first kappa shape index (κ1) is 31.3. The van der Waals surface area contributed by atoms with Gasteiger partial charge in [0.1, 0.15) is 23.6 Å². The Morgan fingerprint density at radius 2 is 1.68 bits per heavy atom. The zero-order chi connectivity index (χ0) is 32.0. The first-order valence-electron chi connectivity index (χ1n) is 14.3. The smallest absolute Gasteiger partial charge is 0.435 e. The van der Waals surface area contributed by atoms with Crippen molar-refractivity contribution >= 4 is 34.5 Å². The second-order valence-electron chi connectivity index (χ2n) is 12.4. The highest BCUT2D eigenvalue weighted by Gasteiger charge is 2.53. The minimum atomic E-state index is -2.95. The Hall–Kier alpha value is -4.16. The molecule has 0 unspecified atom stereocenters. The van der Waals surface area contributed by atoms with Crippen LogP contribution >= 0.6 is 0 Å². The summed E-state index contributed by atoms with van der Waals surface area (Å²) in [5.74, 6) is -4.79. The summed E-state index contributed by atoms with van der Waals surface area (Å²) in [6.45, 7) is 4.61. The number of carbonyl (C=O) groups is 3. The van der Waals surface area contributed by atoms with E-state index in [9.17, 15) is 27.6 Å². The number of likely N-dealkylation sites (tertiary alicyclic amines) is 1. The number of benzene rings is 2. The number of carbonyl (C=O) groups excluding carboxylic acids is 3. The Morgan fingerprint density at radius 1 is 1.02 bits per heavy atom. The molecule has 0 bridgehead atoms. The molecule has 2 fully saturated rings. The number of nitrogens with one attached hydrogen (secondary N) is 1. The average Bonchev–Trinajstić information content (AvgIpc) is 3.58. The van der Waals surface area contributed by atoms with Crippen LogP contribution in [-0.2, 0) is 19.7 Å². The number of ether oxygens (including phenoxy) is 2. The molecule has 1 saturated heterocycles. The van der Waals surface area contributed by atoms with E-state index < -0.39 is 72.3 Å². The van der Waals surface area contributed by atoms with Gasteiger partial charge in [-0.3, -0.25) is 9.59 Å². The molecule has 1 aromatic heterocycles. The van der Waals surface area contributed by atoms with Crippen LogP contribution in [0.1, 0.15) is 58.4 Å². The second-order valence-corrected chi connectivity index (χ2v) is 12.4. The zero-order valence-electron chi connectivity index (χ0n) is 24.8. The van der Waals surface area contributed by atoms with Gasteiger partial charge < -0.3 is 19.7 Å². The molecule has 0 radical (unpaired) electrons. The van der Waals surface area contributed by atoms with Crippen LogP contribution in [0.5, 0.6) is 5.75 Å². The lowest BCUT2D eigenvalue weighted by molar-refractivity contribution is -0.146. The number of rotatable bonds is 5. The lowest BCUT2D eigenvalue weighted by atomic mass is 9.67. The third-order valence-electron chi connectivity index (χ3n) is 8.21. The molecule has 2 atom stereocenters. The molecule has 1 aliphatic heterocycles. The third kappa shape index (κ3) is 5.96. The summed E-state index contributed by atoms with van der Waals surface area (Å²) in [7, 11) is 1.47. The highest BCUT2D eigenvalue weighted by atomic mass is 19.3. The number of alkyl halides is 3. The van der Waals surface area contributed by atoms with Crippen LogP contribution in [0.15, 0.2) is 42.6 Å². The SMILES string of the molecule is COc1ccc(C2(C(=O)N3C[C@H](F)C[C@@H]3C(=O)Nc3ccc4c(cnn4C(=O)OC(C)(C)C)c3F)CCC(F)(F)CC2)cc1. The second kappa shape index (κ2) is 11.4. The molecule has 5 rings (SSSR count). The van der Waals surface area contributed by atoms with E-state index in [-0.39, 0.29) is 35.9 Å². The van der Waals surface area contributed by atoms with Crippen molar-refractivity contribution in [2.45, 2.75) is 82.0 Å². The number of amides is 2. The Labute approximate surface area is 251 Å². The molecule has 0 spiro atoms. The largest absolute Gasteiger partial charge is 0.497 e. The number of hydrogen-bond acceptors (Lipinski definition) is 6. The Morgan fingerprint density at radius 3 is 2.30 bits per heavy atom. The molecule has 2 heterocycles. The van der Waals surface area contributed by atoms with Gasteiger partial charge in [0.25, 0.3) is 0 Å². The van der Waals surface area contributed by atoms with Crippen LogP contribution in [0.3, 0.4) is 0 Å². The molecule has 1 N–H and O–H groups in total. The van der Waals surface area contributed by atoms with Crippen LogP contribution in [0, 0.1) is 5.82 Å². The van der Waals surface area contributed by atoms with Crippen LogP contribution < -0.4 is 10.1 Å². The average molecular weight is 619 g/mol. The van der Waals surface area contributed by atoms with Crippen LogP contribution in [0.25, 0.3) is 10.9 Å². The summed E-state index contributed by atoms with van der Waals surface area (Å²) >= 11 is 0. The van der Waals surface area contributed by atoms with Crippen molar-refractivity contribution in [3.8, 4) is 5.75 Å². The molecular weight excluding hydrogens is 584 g/mol. The molecule has 2 amide bonds. The standard InChI is InChI=1S/C31H34F4N4O5/c1-29(2,3)44-28(42)39-23-10-9-22(25(33)21(23)16-36-39)37-26(40)24-15-19(32)17-38(24)27(41)30(11-13-31(34,35)14-12-30)18-5-7-20(43-4)8-6-18/h5-10,16,19,24H,11-15,17H2,1-4H3,(H,37,40)/t19-,24-/m1/s1. The molecule has 2 aromatic carbocycles. The van der Waals surface area contributed by atoms with Gasteiger partial charge in [-0.05, 0) is 63.4 Å². The van der Waals surface area contributed by atoms with Gasteiger partial charge in [0.05, 0.1) is 41.9 Å². The normalized spacial score (nSPS) is 21.2. The summed E-state index contributed by atoms with van der Waals surface area (Å²) in [6, 6.07) is 7.78. The van der Waals surface area contributed by atoms with Crippen LogP contribution in [0.2, 0.25) is 0 Å².